The molecular weight excluding hydrogens is 290 g/mol. The minimum atomic E-state index is -0.0690. The lowest BCUT2D eigenvalue weighted by Crippen LogP contribution is -2.42. The number of alkyl halides is 1. The van der Waals surface area contributed by atoms with Gasteiger partial charge in [-0.3, -0.25) is 4.79 Å². The fourth-order valence-electron chi connectivity index (χ4n) is 2.92. The number of carbonyl (C=O) groups is 1. The SMILES string of the molecule is COc1ccc(C(=O)N(CCCl)C2CCCCC2)cc1O. The zero-order valence-electron chi connectivity index (χ0n) is 12.3. The van der Waals surface area contributed by atoms with Gasteiger partial charge in [-0.25, -0.2) is 0 Å². The Kier molecular flexibility index (Phi) is 5.74. The van der Waals surface area contributed by atoms with Crippen molar-refractivity contribution in [3.63, 3.8) is 0 Å². The van der Waals surface area contributed by atoms with Crippen molar-refractivity contribution < 1.29 is 14.6 Å². The number of rotatable bonds is 5. The molecule has 0 spiro atoms. The number of carbonyl (C=O) groups excluding carboxylic acids is 1. The number of ether oxygens (including phenoxy) is 1. The van der Waals surface area contributed by atoms with Gasteiger partial charge in [0.05, 0.1) is 7.11 Å². The van der Waals surface area contributed by atoms with Crippen molar-refractivity contribution in [2.24, 2.45) is 0 Å². The van der Waals surface area contributed by atoms with E-state index in [1.807, 2.05) is 4.90 Å². The van der Waals surface area contributed by atoms with Gasteiger partial charge in [-0.1, -0.05) is 19.3 Å². The van der Waals surface area contributed by atoms with Crippen molar-refractivity contribution in [3.8, 4) is 11.5 Å². The molecule has 0 bridgehead atoms. The lowest BCUT2D eigenvalue weighted by molar-refractivity contribution is 0.0649. The smallest absolute Gasteiger partial charge is 0.254 e. The highest BCUT2D eigenvalue weighted by Gasteiger charge is 2.26. The molecule has 1 aliphatic carbocycles. The first-order chi connectivity index (χ1) is 10.2. The molecule has 1 aliphatic rings. The van der Waals surface area contributed by atoms with E-state index in [9.17, 15) is 9.90 Å². The lowest BCUT2D eigenvalue weighted by Gasteiger charge is -2.34. The highest BCUT2D eigenvalue weighted by Crippen LogP contribution is 2.29. The van der Waals surface area contributed by atoms with Crippen LogP contribution in [0, 0.1) is 0 Å². The van der Waals surface area contributed by atoms with Gasteiger partial charge in [-0.15, -0.1) is 11.6 Å². The van der Waals surface area contributed by atoms with Crippen LogP contribution in [0.25, 0.3) is 0 Å². The first kappa shape index (κ1) is 16.0. The van der Waals surface area contributed by atoms with Crippen molar-refractivity contribution in [2.45, 2.75) is 38.1 Å². The third-order valence-corrected chi connectivity index (χ3v) is 4.20. The van der Waals surface area contributed by atoms with Crippen LogP contribution in [0.15, 0.2) is 18.2 Å². The second-order valence-electron chi connectivity index (χ2n) is 5.37. The predicted molar refractivity (Wildman–Crippen MR) is 83.3 cm³/mol. The van der Waals surface area contributed by atoms with Gasteiger partial charge < -0.3 is 14.7 Å². The standard InChI is InChI=1S/C16H22ClNO3/c1-21-15-8-7-12(11-14(15)19)16(20)18(10-9-17)13-5-3-2-4-6-13/h7-8,11,13,19H,2-6,9-10H2,1H3. The van der Waals surface area contributed by atoms with E-state index in [2.05, 4.69) is 0 Å². The molecular formula is C16H22ClNO3. The van der Waals surface area contributed by atoms with Crippen LogP contribution in [0.2, 0.25) is 0 Å². The molecule has 0 unspecified atom stereocenters. The van der Waals surface area contributed by atoms with Gasteiger partial charge in [0.15, 0.2) is 11.5 Å². The first-order valence-corrected chi connectivity index (χ1v) is 7.94. The second kappa shape index (κ2) is 7.55. The largest absolute Gasteiger partial charge is 0.504 e. The molecule has 1 saturated carbocycles. The number of hydrogen-bond acceptors (Lipinski definition) is 3. The van der Waals surface area contributed by atoms with E-state index in [0.29, 0.717) is 23.7 Å². The third-order valence-electron chi connectivity index (χ3n) is 4.03. The highest BCUT2D eigenvalue weighted by molar-refractivity contribution is 6.18. The Hall–Kier alpha value is -1.42. The molecule has 116 valence electrons. The summed E-state index contributed by atoms with van der Waals surface area (Å²) in [6.07, 6.45) is 5.62. The van der Waals surface area contributed by atoms with Gasteiger partial charge in [-0.05, 0) is 31.0 Å². The van der Waals surface area contributed by atoms with E-state index in [1.54, 1.807) is 12.1 Å². The Labute approximate surface area is 130 Å². The van der Waals surface area contributed by atoms with Crippen molar-refractivity contribution >= 4 is 17.5 Å². The summed E-state index contributed by atoms with van der Waals surface area (Å²) in [7, 11) is 1.48. The van der Waals surface area contributed by atoms with E-state index in [4.69, 9.17) is 16.3 Å². The molecule has 2 rings (SSSR count). The van der Waals surface area contributed by atoms with Crippen LogP contribution in [-0.2, 0) is 0 Å². The molecule has 5 heteroatoms. The lowest BCUT2D eigenvalue weighted by atomic mass is 9.93. The molecule has 1 aromatic rings. The Morgan fingerprint density at radius 3 is 2.67 bits per heavy atom. The molecule has 1 N–H and O–H groups in total. The van der Waals surface area contributed by atoms with Crippen LogP contribution in [0.4, 0.5) is 0 Å². The maximum absolute atomic E-state index is 12.7. The number of phenolic OH excluding ortho intramolecular Hbond substituents is 1. The molecule has 0 atom stereocenters. The van der Waals surface area contributed by atoms with E-state index in [-0.39, 0.29) is 17.7 Å². The van der Waals surface area contributed by atoms with Crippen LogP contribution >= 0.6 is 11.6 Å². The van der Waals surface area contributed by atoms with Crippen LogP contribution in [0.3, 0.4) is 0 Å². The van der Waals surface area contributed by atoms with Crippen LogP contribution in [0.5, 0.6) is 11.5 Å². The first-order valence-electron chi connectivity index (χ1n) is 7.41. The minimum absolute atomic E-state index is 0.0159. The van der Waals surface area contributed by atoms with Gasteiger partial charge in [-0.2, -0.15) is 0 Å². The topological polar surface area (TPSA) is 49.8 Å². The van der Waals surface area contributed by atoms with E-state index < -0.39 is 0 Å². The van der Waals surface area contributed by atoms with Gasteiger partial charge in [0.25, 0.3) is 5.91 Å². The number of amides is 1. The van der Waals surface area contributed by atoms with Crippen molar-refractivity contribution in [1.82, 2.24) is 4.90 Å². The normalized spacial score (nSPS) is 15.7. The number of aromatic hydroxyl groups is 1. The average Bonchev–Trinajstić information content (AvgIpc) is 2.52. The molecule has 1 aromatic carbocycles. The minimum Gasteiger partial charge on any atom is -0.504 e. The monoisotopic (exact) mass is 311 g/mol. The quantitative estimate of drug-likeness (QED) is 0.848. The van der Waals surface area contributed by atoms with Crippen molar-refractivity contribution in [3.05, 3.63) is 23.8 Å². The zero-order chi connectivity index (χ0) is 15.2. The Morgan fingerprint density at radius 2 is 2.10 bits per heavy atom. The van der Waals surface area contributed by atoms with Crippen LogP contribution < -0.4 is 4.74 Å². The molecule has 0 aliphatic heterocycles. The maximum Gasteiger partial charge on any atom is 0.254 e. The molecule has 0 heterocycles. The maximum atomic E-state index is 12.7. The predicted octanol–water partition coefficient (Wildman–Crippen LogP) is 3.41. The Morgan fingerprint density at radius 1 is 1.38 bits per heavy atom. The number of methoxy groups -OCH3 is 1. The van der Waals surface area contributed by atoms with Crippen LogP contribution in [-0.4, -0.2) is 41.5 Å². The summed E-state index contributed by atoms with van der Waals surface area (Å²) in [4.78, 5) is 14.6. The summed E-state index contributed by atoms with van der Waals surface area (Å²) in [6, 6.07) is 5.02. The summed E-state index contributed by atoms with van der Waals surface area (Å²) in [6.45, 7) is 0.540. The third kappa shape index (κ3) is 3.82. The van der Waals surface area contributed by atoms with Crippen molar-refractivity contribution in [2.75, 3.05) is 19.5 Å². The zero-order valence-corrected chi connectivity index (χ0v) is 13.1. The highest BCUT2D eigenvalue weighted by atomic mass is 35.5. The Balaban J connectivity index is 2.19. The van der Waals surface area contributed by atoms with Crippen LogP contribution in [0.1, 0.15) is 42.5 Å². The summed E-state index contributed by atoms with van der Waals surface area (Å²) in [5, 5.41) is 9.84. The van der Waals surface area contributed by atoms with E-state index in [0.717, 1.165) is 25.7 Å². The van der Waals surface area contributed by atoms with E-state index >= 15 is 0 Å². The van der Waals surface area contributed by atoms with Gasteiger partial charge >= 0.3 is 0 Å². The summed E-state index contributed by atoms with van der Waals surface area (Å²) in [5.74, 6) is 0.705. The van der Waals surface area contributed by atoms with E-state index in [1.165, 1.54) is 19.6 Å². The molecule has 21 heavy (non-hydrogen) atoms. The van der Waals surface area contributed by atoms with Gasteiger partial charge in [0.1, 0.15) is 0 Å². The summed E-state index contributed by atoms with van der Waals surface area (Å²) < 4.78 is 5.01. The Bertz CT molecular complexity index is 486. The molecule has 0 aromatic heterocycles. The number of halogens is 1. The molecule has 4 nitrogen and oxygen atoms in total. The molecule has 0 saturated heterocycles. The van der Waals surface area contributed by atoms with Crippen molar-refractivity contribution in [1.29, 1.82) is 0 Å². The summed E-state index contributed by atoms with van der Waals surface area (Å²) >= 11 is 5.86. The number of benzene rings is 1. The van der Waals surface area contributed by atoms with Gasteiger partial charge in [0.2, 0.25) is 0 Å². The second-order valence-corrected chi connectivity index (χ2v) is 5.74. The number of hydrogen-bond donors (Lipinski definition) is 1. The number of nitrogens with zero attached hydrogens (tertiary/aromatic N) is 1. The fraction of sp³-hybridized carbons (Fsp3) is 0.562. The fourth-order valence-corrected chi connectivity index (χ4v) is 3.10. The average molecular weight is 312 g/mol. The molecule has 1 amide bonds. The number of phenols is 1. The molecule has 1 fully saturated rings. The molecule has 0 radical (unpaired) electrons. The van der Waals surface area contributed by atoms with Gasteiger partial charge in [0, 0.05) is 24.0 Å². The summed E-state index contributed by atoms with van der Waals surface area (Å²) in [5.41, 5.74) is 0.476.